The highest BCUT2D eigenvalue weighted by molar-refractivity contribution is 7.88. The number of sulfonamides is 1. The van der Waals surface area contributed by atoms with Gasteiger partial charge in [0.25, 0.3) is 0 Å². The second-order valence-electron chi connectivity index (χ2n) is 6.76. The van der Waals surface area contributed by atoms with Crippen molar-refractivity contribution in [3.05, 3.63) is 65.2 Å². The maximum atomic E-state index is 12.6. The third-order valence-corrected chi connectivity index (χ3v) is 5.96. The fraction of sp³-hybridized carbons (Fsp3) is 0.350. The molecule has 0 aromatic heterocycles. The van der Waals surface area contributed by atoms with Crippen molar-refractivity contribution in [3.63, 3.8) is 0 Å². The molecule has 138 valence electrons. The van der Waals surface area contributed by atoms with Gasteiger partial charge in [0.15, 0.2) is 0 Å². The number of nitrogens with zero attached hydrogens (tertiary/aromatic N) is 2. The van der Waals surface area contributed by atoms with E-state index in [-0.39, 0.29) is 25.4 Å². The van der Waals surface area contributed by atoms with Crippen LogP contribution in [0, 0.1) is 6.92 Å². The second kappa shape index (κ2) is 7.60. The van der Waals surface area contributed by atoms with E-state index < -0.39 is 10.0 Å². The van der Waals surface area contributed by atoms with Gasteiger partial charge in [-0.1, -0.05) is 48.0 Å². The van der Waals surface area contributed by atoms with Gasteiger partial charge >= 0.3 is 0 Å². The first-order valence-electron chi connectivity index (χ1n) is 8.73. The summed E-state index contributed by atoms with van der Waals surface area (Å²) < 4.78 is 25.6. The quantitative estimate of drug-likeness (QED) is 0.783. The molecule has 1 heterocycles. The first kappa shape index (κ1) is 18.6. The molecule has 0 saturated carbocycles. The van der Waals surface area contributed by atoms with Crippen molar-refractivity contribution in [2.24, 2.45) is 0 Å². The number of aryl methyl sites for hydroxylation is 1. The third kappa shape index (κ3) is 4.31. The monoisotopic (exact) mass is 372 g/mol. The van der Waals surface area contributed by atoms with E-state index in [1.165, 1.54) is 16.1 Å². The Labute approximate surface area is 155 Å². The Morgan fingerprint density at radius 2 is 1.81 bits per heavy atom. The molecular formula is C20H24N2O3S. The van der Waals surface area contributed by atoms with E-state index in [1.54, 1.807) is 4.90 Å². The fourth-order valence-electron chi connectivity index (χ4n) is 3.21. The first-order valence-corrected chi connectivity index (χ1v) is 10.6. The van der Waals surface area contributed by atoms with Crippen LogP contribution in [-0.2, 0) is 27.8 Å². The molecule has 26 heavy (non-hydrogen) atoms. The molecule has 0 bridgehead atoms. The molecule has 2 aromatic carbocycles. The van der Waals surface area contributed by atoms with Gasteiger partial charge < -0.3 is 4.90 Å². The van der Waals surface area contributed by atoms with Crippen LogP contribution in [0.4, 0.5) is 5.69 Å². The van der Waals surface area contributed by atoms with Crippen LogP contribution in [0.25, 0.3) is 0 Å². The Kier molecular flexibility index (Phi) is 5.44. The number of carbonyl (C=O) groups excluding carboxylic acids is 1. The molecule has 0 radical (unpaired) electrons. The van der Waals surface area contributed by atoms with Crippen molar-refractivity contribution in [1.82, 2.24) is 4.31 Å². The number of fused-ring (bicyclic) bond motifs is 1. The standard InChI is InChI=1S/C20H24N2O3S/c1-16-7-9-17(10-8-16)15-21(26(2,24)25)13-12-20(23)22-14-11-18-5-3-4-6-19(18)22/h3-10H,11-15H2,1-2H3. The lowest BCUT2D eigenvalue weighted by atomic mass is 10.1. The van der Waals surface area contributed by atoms with Crippen molar-refractivity contribution in [1.29, 1.82) is 0 Å². The number of para-hydroxylation sites is 1. The summed E-state index contributed by atoms with van der Waals surface area (Å²) >= 11 is 0. The SMILES string of the molecule is Cc1ccc(CN(CCC(=O)N2CCc3ccccc32)S(C)(=O)=O)cc1. The number of benzene rings is 2. The lowest BCUT2D eigenvalue weighted by molar-refractivity contribution is -0.118. The largest absolute Gasteiger partial charge is 0.312 e. The van der Waals surface area contributed by atoms with E-state index in [4.69, 9.17) is 0 Å². The topological polar surface area (TPSA) is 57.7 Å². The number of rotatable bonds is 6. The molecule has 5 nitrogen and oxygen atoms in total. The molecule has 0 atom stereocenters. The molecule has 0 fully saturated rings. The van der Waals surface area contributed by atoms with Crippen LogP contribution in [0.15, 0.2) is 48.5 Å². The fourth-order valence-corrected chi connectivity index (χ4v) is 4.02. The van der Waals surface area contributed by atoms with Crippen LogP contribution in [0.5, 0.6) is 0 Å². The summed E-state index contributed by atoms with van der Waals surface area (Å²) in [6.45, 7) is 3.12. The van der Waals surface area contributed by atoms with E-state index in [0.717, 1.165) is 23.2 Å². The number of hydrogen-bond donors (Lipinski definition) is 0. The number of anilines is 1. The van der Waals surface area contributed by atoms with Crippen molar-refractivity contribution in [3.8, 4) is 0 Å². The van der Waals surface area contributed by atoms with Crippen LogP contribution < -0.4 is 4.90 Å². The van der Waals surface area contributed by atoms with Crippen molar-refractivity contribution in [2.45, 2.75) is 26.3 Å². The van der Waals surface area contributed by atoms with Crippen molar-refractivity contribution < 1.29 is 13.2 Å². The zero-order chi connectivity index (χ0) is 18.7. The van der Waals surface area contributed by atoms with Crippen LogP contribution in [0.3, 0.4) is 0 Å². The Balaban J connectivity index is 1.67. The van der Waals surface area contributed by atoms with E-state index in [0.29, 0.717) is 6.54 Å². The average molecular weight is 372 g/mol. The predicted molar refractivity (Wildman–Crippen MR) is 104 cm³/mol. The Morgan fingerprint density at radius 3 is 2.50 bits per heavy atom. The number of hydrogen-bond acceptors (Lipinski definition) is 3. The van der Waals surface area contributed by atoms with E-state index in [1.807, 2.05) is 55.5 Å². The van der Waals surface area contributed by atoms with Gasteiger partial charge in [-0.15, -0.1) is 0 Å². The highest BCUT2D eigenvalue weighted by Crippen LogP contribution is 2.28. The van der Waals surface area contributed by atoms with Crippen molar-refractivity contribution in [2.75, 3.05) is 24.2 Å². The summed E-state index contributed by atoms with van der Waals surface area (Å²) in [5, 5.41) is 0. The van der Waals surface area contributed by atoms with Gasteiger partial charge in [0.1, 0.15) is 0 Å². The van der Waals surface area contributed by atoms with Crippen LogP contribution >= 0.6 is 0 Å². The summed E-state index contributed by atoms with van der Waals surface area (Å²) in [7, 11) is -3.39. The van der Waals surface area contributed by atoms with Gasteiger partial charge in [0, 0.05) is 31.7 Å². The maximum absolute atomic E-state index is 12.6. The lowest BCUT2D eigenvalue weighted by Crippen LogP contribution is -2.35. The summed E-state index contributed by atoms with van der Waals surface area (Å²) in [5.41, 5.74) is 4.16. The number of carbonyl (C=O) groups is 1. The summed E-state index contributed by atoms with van der Waals surface area (Å²) in [4.78, 5) is 14.4. The lowest BCUT2D eigenvalue weighted by Gasteiger charge is -2.22. The van der Waals surface area contributed by atoms with Gasteiger partial charge in [-0.2, -0.15) is 4.31 Å². The molecule has 1 aliphatic heterocycles. The molecule has 3 rings (SSSR count). The Bertz CT molecular complexity index is 892. The molecule has 1 amide bonds. The summed E-state index contributed by atoms with van der Waals surface area (Å²) in [6, 6.07) is 15.6. The zero-order valence-corrected chi connectivity index (χ0v) is 16.0. The summed E-state index contributed by atoms with van der Waals surface area (Å²) in [6.07, 6.45) is 2.21. The molecule has 0 aliphatic carbocycles. The molecular weight excluding hydrogens is 348 g/mol. The van der Waals surface area contributed by atoms with Gasteiger partial charge in [-0.05, 0) is 30.5 Å². The van der Waals surface area contributed by atoms with Gasteiger partial charge in [-0.25, -0.2) is 8.42 Å². The van der Waals surface area contributed by atoms with Gasteiger partial charge in [-0.3, -0.25) is 4.79 Å². The minimum absolute atomic E-state index is 0.0347. The molecule has 2 aromatic rings. The van der Waals surface area contributed by atoms with Crippen LogP contribution in [0.2, 0.25) is 0 Å². The van der Waals surface area contributed by atoms with E-state index in [9.17, 15) is 13.2 Å². The second-order valence-corrected chi connectivity index (χ2v) is 8.74. The number of amides is 1. The van der Waals surface area contributed by atoms with E-state index in [2.05, 4.69) is 0 Å². The zero-order valence-electron chi connectivity index (χ0n) is 15.2. The predicted octanol–water partition coefficient (Wildman–Crippen LogP) is 2.74. The normalized spacial score (nSPS) is 13.9. The van der Waals surface area contributed by atoms with Crippen LogP contribution in [0.1, 0.15) is 23.1 Å². The summed E-state index contributed by atoms with van der Waals surface area (Å²) in [5.74, 6) is -0.0347. The molecule has 0 spiro atoms. The molecule has 6 heteroatoms. The minimum Gasteiger partial charge on any atom is -0.312 e. The average Bonchev–Trinajstić information content (AvgIpc) is 3.03. The molecule has 0 saturated heterocycles. The highest BCUT2D eigenvalue weighted by Gasteiger charge is 2.25. The minimum atomic E-state index is -3.39. The molecule has 1 aliphatic rings. The molecule has 0 N–H and O–H groups in total. The molecule has 0 unspecified atom stereocenters. The maximum Gasteiger partial charge on any atom is 0.228 e. The highest BCUT2D eigenvalue weighted by atomic mass is 32.2. The third-order valence-electron chi connectivity index (χ3n) is 4.71. The van der Waals surface area contributed by atoms with Gasteiger partial charge in [0.2, 0.25) is 15.9 Å². The van der Waals surface area contributed by atoms with Crippen molar-refractivity contribution >= 4 is 21.6 Å². The Morgan fingerprint density at radius 1 is 1.12 bits per heavy atom. The smallest absolute Gasteiger partial charge is 0.228 e. The van der Waals surface area contributed by atoms with Crippen LogP contribution in [-0.4, -0.2) is 38.0 Å². The Hall–Kier alpha value is -2.18. The van der Waals surface area contributed by atoms with Gasteiger partial charge in [0.05, 0.1) is 6.26 Å². The first-order chi connectivity index (χ1) is 12.3. The van der Waals surface area contributed by atoms with E-state index >= 15 is 0 Å².